The van der Waals surface area contributed by atoms with E-state index in [2.05, 4.69) is 0 Å². The number of aliphatic carboxylic acids is 4. The van der Waals surface area contributed by atoms with Crippen molar-refractivity contribution >= 4 is 59.1 Å². The third-order valence-electron chi connectivity index (χ3n) is 11.8. The Labute approximate surface area is 378 Å². The average molecular weight is 920 g/mol. The molecule has 0 saturated carbocycles. The zero-order chi connectivity index (χ0) is 49.5. The Hall–Kier alpha value is -4.02. The number of carboxylic acids is 4. The van der Waals surface area contributed by atoms with Gasteiger partial charge in [-0.05, 0) is 38.0 Å². The third kappa shape index (κ3) is 15.0. The summed E-state index contributed by atoms with van der Waals surface area (Å²) >= 11 is 5.88. The molecule has 0 unspecified atom stereocenters. The molecule has 0 aliphatic carbocycles. The number of nitrogens with zero attached hydrogens (tertiary/aromatic N) is 4. The summed E-state index contributed by atoms with van der Waals surface area (Å²) in [5.74, 6) is -4.24. The Kier molecular flexibility index (Phi) is 20.1. The lowest BCUT2D eigenvalue weighted by atomic mass is 9.93. The Morgan fingerprint density at radius 3 is 1.16 bits per heavy atom. The highest BCUT2D eigenvalue weighted by molar-refractivity contribution is 6.21. The highest BCUT2D eigenvalue weighted by Crippen LogP contribution is 2.34. The van der Waals surface area contributed by atoms with E-state index in [1.807, 2.05) is 55.4 Å². The van der Waals surface area contributed by atoms with Gasteiger partial charge in [-0.15, -0.1) is 11.6 Å². The number of carbonyl (C=O) groups excluding carboxylic acids is 4. The molecule has 4 aliphatic heterocycles. The van der Waals surface area contributed by atoms with Crippen molar-refractivity contribution < 1.29 is 63.2 Å². The largest absolute Gasteiger partial charge is 0.480 e. The van der Waals surface area contributed by atoms with Crippen LogP contribution < -0.4 is 0 Å². The molecular weight excluding hydrogens is 843 g/mol. The van der Waals surface area contributed by atoms with Gasteiger partial charge in [-0.3, -0.25) is 19.2 Å². The highest BCUT2D eigenvalue weighted by Gasteiger charge is 2.48. The van der Waals surface area contributed by atoms with E-state index in [4.69, 9.17) is 21.8 Å². The van der Waals surface area contributed by atoms with Crippen molar-refractivity contribution in [2.75, 3.05) is 19.6 Å². The van der Waals surface area contributed by atoms with Crippen molar-refractivity contribution in [1.29, 1.82) is 0 Å². The van der Waals surface area contributed by atoms with Gasteiger partial charge in [0.2, 0.25) is 23.6 Å². The topological polar surface area (TPSA) is 230 Å². The lowest BCUT2D eigenvalue weighted by Gasteiger charge is -2.32. The maximum atomic E-state index is 13.5. The van der Waals surface area contributed by atoms with E-state index in [0.717, 1.165) is 25.7 Å². The molecule has 16 nitrogen and oxygen atoms in total. The standard InChI is InChI=1S/2C12H21NO3.C11H18FNO3.C10H16ClNO3/c2*1-5-8-6-7-13(9(8)10(14)15)11(16)12(2,3)4;1-6-7(12)5-8(9(14)15)13(6)10(16)11(2,3)4;1-10(2,3)9(15)12-5-6(11)4-7(12)8(13)14/h2*8-9H,5-7H2,1-4H3,(H,14,15);6-8H,5H2,1-4H3,(H,14,15);6-7H,4-5H2,1-3H3,(H,13,14)/t2*8-,9-;6-,7+,8-;6-,7+/m1001/s1. The molecule has 362 valence electrons. The van der Waals surface area contributed by atoms with Crippen molar-refractivity contribution in [2.24, 2.45) is 33.5 Å². The molecule has 4 rings (SSSR count). The number of hydrogen-bond donors (Lipinski definition) is 4. The van der Waals surface area contributed by atoms with Crippen LogP contribution in [-0.4, -0.2) is 149 Å². The molecule has 63 heavy (non-hydrogen) atoms. The molecule has 18 heteroatoms. The van der Waals surface area contributed by atoms with Crippen molar-refractivity contribution in [3.8, 4) is 0 Å². The second kappa shape index (κ2) is 22.3. The minimum atomic E-state index is -1.26. The molecule has 0 spiro atoms. The second-order valence-corrected chi connectivity index (χ2v) is 21.8. The van der Waals surface area contributed by atoms with Crippen molar-refractivity contribution in [3.63, 3.8) is 0 Å². The summed E-state index contributed by atoms with van der Waals surface area (Å²) in [6.45, 7) is 28.4. The minimum absolute atomic E-state index is 0.0594. The number of hydrogen-bond acceptors (Lipinski definition) is 8. The Bertz CT molecular complexity index is 1610. The SMILES string of the molecule is CC(C)(C)C(=O)N1C[C@H](Cl)C[C@H]1C(=O)O.CC[C@@H]1CCN(C(=O)C(C)(C)C)[C@H]1C(=O)O.CC[C@H]1CCN(C(=O)C(C)(C)C)[C@@H]1C(=O)O.C[C@H]1[C@H](F)C[C@@H](C(=O)O)N1C(=O)C(C)(C)C. The fourth-order valence-electron chi connectivity index (χ4n) is 8.14. The van der Waals surface area contributed by atoms with Crippen LogP contribution in [0, 0.1) is 33.5 Å². The van der Waals surface area contributed by atoms with Crippen molar-refractivity contribution in [3.05, 3.63) is 0 Å². The first-order chi connectivity index (χ1) is 28.5. The van der Waals surface area contributed by atoms with E-state index in [1.165, 1.54) is 19.6 Å². The Balaban J connectivity index is 0.000000420. The van der Waals surface area contributed by atoms with Crippen LogP contribution in [0.5, 0.6) is 0 Å². The number of amides is 4. The molecule has 0 aromatic carbocycles. The number of carbonyl (C=O) groups is 8. The molecular formula is C45H76ClFN4O12. The number of alkyl halides is 2. The fourth-order valence-corrected chi connectivity index (χ4v) is 8.46. The van der Waals surface area contributed by atoms with Crippen LogP contribution in [0.25, 0.3) is 0 Å². The van der Waals surface area contributed by atoms with E-state index in [-0.39, 0.29) is 47.3 Å². The van der Waals surface area contributed by atoms with E-state index in [9.17, 15) is 53.0 Å². The zero-order valence-electron chi connectivity index (χ0n) is 40.2. The van der Waals surface area contributed by atoms with Gasteiger partial charge in [-0.1, -0.05) is 110 Å². The Morgan fingerprint density at radius 2 is 0.873 bits per heavy atom. The van der Waals surface area contributed by atoms with Gasteiger partial charge in [0.1, 0.15) is 30.3 Å². The number of rotatable bonds is 6. The van der Waals surface area contributed by atoms with E-state index in [0.29, 0.717) is 26.1 Å². The van der Waals surface area contributed by atoms with Crippen molar-refractivity contribution in [1.82, 2.24) is 19.6 Å². The zero-order valence-corrected chi connectivity index (χ0v) is 40.9. The summed E-state index contributed by atoms with van der Waals surface area (Å²) in [5, 5.41) is 36.1. The van der Waals surface area contributed by atoms with Gasteiger partial charge < -0.3 is 40.0 Å². The van der Waals surface area contributed by atoms with Crippen LogP contribution in [0.2, 0.25) is 0 Å². The summed E-state index contributed by atoms with van der Waals surface area (Å²) in [5.41, 5.74) is -2.26. The molecule has 4 fully saturated rings. The molecule has 0 aromatic heterocycles. The van der Waals surface area contributed by atoms with Crippen molar-refractivity contribution in [2.45, 2.75) is 184 Å². The monoisotopic (exact) mass is 919 g/mol. The van der Waals surface area contributed by atoms with Gasteiger partial charge >= 0.3 is 23.9 Å². The van der Waals surface area contributed by atoms with Gasteiger partial charge in [-0.25, -0.2) is 23.6 Å². The minimum Gasteiger partial charge on any atom is -0.480 e. The van der Waals surface area contributed by atoms with Gasteiger partial charge in [0.05, 0.1) is 11.4 Å². The van der Waals surface area contributed by atoms with Gasteiger partial charge in [0, 0.05) is 47.7 Å². The van der Waals surface area contributed by atoms with Crippen LogP contribution in [0.3, 0.4) is 0 Å². The maximum Gasteiger partial charge on any atom is 0.326 e. The molecule has 0 bridgehead atoms. The van der Waals surface area contributed by atoms with Crippen LogP contribution >= 0.6 is 11.6 Å². The lowest BCUT2D eigenvalue weighted by Crippen LogP contribution is -2.49. The predicted molar refractivity (Wildman–Crippen MR) is 236 cm³/mol. The quantitative estimate of drug-likeness (QED) is 0.217. The van der Waals surface area contributed by atoms with Crippen LogP contribution in [0.1, 0.15) is 142 Å². The first-order valence-electron chi connectivity index (χ1n) is 21.9. The van der Waals surface area contributed by atoms with E-state index >= 15 is 0 Å². The molecule has 4 heterocycles. The summed E-state index contributed by atoms with van der Waals surface area (Å²) in [7, 11) is 0. The molecule has 0 radical (unpaired) electrons. The predicted octanol–water partition coefficient (Wildman–Crippen LogP) is 6.26. The summed E-state index contributed by atoms with van der Waals surface area (Å²) < 4.78 is 13.5. The third-order valence-corrected chi connectivity index (χ3v) is 12.1. The first kappa shape index (κ1) is 57.0. The summed E-state index contributed by atoms with van der Waals surface area (Å²) in [6.07, 6.45) is 2.18. The highest BCUT2D eigenvalue weighted by atomic mass is 35.5. The number of likely N-dealkylation sites (tertiary alicyclic amines) is 4. The fraction of sp³-hybridized carbons (Fsp3) is 0.822. The summed E-state index contributed by atoms with van der Waals surface area (Å²) in [4.78, 5) is 98.1. The van der Waals surface area contributed by atoms with E-state index < -0.39 is 81.9 Å². The number of carboxylic acid groups (broad SMARTS) is 4. The average Bonchev–Trinajstić information content (AvgIpc) is 3.93. The molecule has 4 N–H and O–H groups in total. The molecule has 4 aliphatic rings. The van der Waals surface area contributed by atoms with Crippen LogP contribution in [0.15, 0.2) is 0 Å². The number of halogens is 2. The molecule has 4 amide bonds. The van der Waals surface area contributed by atoms with Gasteiger partial charge in [-0.2, -0.15) is 0 Å². The molecule has 0 aromatic rings. The smallest absolute Gasteiger partial charge is 0.326 e. The maximum absolute atomic E-state index is 13.5. The lowest BCUT2D eigenvalue weighted by molar-refractivity contribution is -0.153. The van der Waals surface area contributed by atoms with Crippen LogP contribution in [-0.2, 0) is 38.4 Å². The second-order valence-electron chi connectivity index (χ2n) is 21.2. The van der Waals surface area contributed by atoms with E-state index in [1.54, 1.807) is 48.5 Å². The van der Waals surface area contributed by atoms with Gasteiger partial charge in [0.25, 0.3) is 0 Å². The molecule has 9 atom stereocenters. The molecule has 4 saturated heterocycles. The summed E-state index contributed by atoms with van der Waals surface area (Å²) in [6, 6.07) is -3.71. The first-order valence-corrected chi connectivity index (χ1v) is 22.4. The van der Waals surface area contributed by atoms with Crippen LogP contribution in [0.4, 0.5) is 4.39 Å². The normalized spacial score (nSPS) is 27.3. The van der Waals surface area contributed by atoms with Gasteiger partial charge in [0.15, 0.2) is 0 Å². The Morgan fingerprint density at radius 1 is 0.540 bits per heavy atom.